The number of likely N-dealkylation sites (N-methyl/N-ethyl adjacent to an activating group) is 1. The maximum atomic E-state index is 13.7. The number of rotatable bonds is 6. The molecular weight excluding hydrogens is 404 g/mol. The molecule has 7 heteroatoms. The lowest BCUT2D eigenvalue weighted by atomic mass is 10.0. The quantitative estimate of drug-likeness (QED) is 0.652. The van der Waals surface area contributed by atoms with E-state index in [0.717, 1.165) is 30.1 Å². The zero-order valence-electron chi connectivity index (χ0n) is 19.2. The summed E-state index contributed by atoms with van der Waals surface area (Å²) >= 11 is 0. The van der Waals surface area contributed by atoms with Crippen LogP contribution in [0.4, 0.5) is 11.4 Å². The Bertz CT molecular complexity index is 1040. The number of hydrogen-bond donors (Lipinski definition) is 0. The first-order chi connectivity index (χ1) is 15.4. The lowest BCUT2D eigenvalue weighted by Gasteiger charge is -2.34. The maximum Gasteiger partial charge on any atom is 0.282 e. The normalized spacial score (nSPS) is 17.4. The standard InChI is InChI=1S/C25H30N4O3/c1-5-32-21-11-9-18(10-12-21)22-23(28-15-13-27(4)14-16-28)25(31)29(24(22)30)20-8-6-7-19(17-20)26(2)3/h6-12,17H,5,13-16H2,1-4H3. The van der Waals surface area contributed by atoms with Crippen LogP contribution in [0.2, 0.25) is 0 Å². The average Bonchev–Trinajstić information content (AvgIpc) is 3.05. The number of ether oxygens (including phenoxy) is 1. The molecule has 0 aromatic heterocycles. The second kappa shape index (κ2) is 9.04. The Morgan fingerprint density at radius 3 is 2.25 bits per heavy atom. The van der Waals surface area contributed by atoms with Crippen LogP contribution in [-0.2, 0) is 9.59 Å². The van der Waals surface area contributed by atoms with Gasteiger partial charge < -0.3 is 19.4 Å². The first-order valence-electron chi connectivity index (χ1n) is 11.0. The molecule has 0 bridgehead atoms. The minimum atomic E-state index is -0.288. The average molecular weight is 435 g/mol. The van der Waals surface area contributed by atoms with Crippen LogP contribution in [0, 0.1) is 0 Å². The van der Waals surface area contributed by atoms with E-state index >= 15 is 0 Å². The third-order valence-electron chi connectivity index (χ3n) is 5.94. The maximum absolute atomic E-state index is 13.7. The summed E-state index contributed by atoms with van der Waals surface area (Å²) < 4.78 is 5.55. The fourth-order valence-corrected chi connectivity index (χ4v) is 4.13. The van der Waals surface area contributed by atoms with E-state index in [-0.39, 0.29) is 11.8 Å². The number of imide groups is 1. The van der Waals surface area contributed by atoms with Crippen LogP contribution >= 0.6 is 0 Å². The van der Waals surface area contributed by atoms with E-state index in [9.17, 15) is 9.59 Å². The Kier molecular flexibility index (Phi) is 6.19. The number of piperazine rings is 1. The molecule has 0 spiro atoms. The molecule has 0 atom stereocenters. The molecular formula is C25H30N4O3. The highest BCUT2D eigenvalue weighted by atomic mass is 16.5. The van der Waals surface area contributed by atoms with Gasteiger partial charge in [0.15, 0.2) is 0 Å². The Morgan fingerprint density at radius 2 is 1.62 bits per heavy atom. The van der Waals surface area contributed by atoms with Gasteiger partial charge in [-0.05, 0) is 49.9 Å². The van der Waals surface area contributed by atoms with Crippen LogP contribution in [0.25, 0.3) is 5.57 Å². The number of hydrogen-bond acceptors (Lipinski definition) is 6. The molecule has 1 saturated heterocycles. The molecule has 2 aromatic rings. The third-order valence-corrected chi connectivity index (χ3v) is 5.94. The van der Waals surface area contributed by atoms with Crippen molar-refractivity contribution in [1.82, 2.24) is 9.80 Å². The van der Waals surface area contributed by atoms with E-state index in [1.165, 1.54) is 4.90 Å². The predicted molar refractivity (Wildman–Crippen MR) is 127 cm³/mol. The molecule has 2 aliphatic rings. The van der Waals surface area contributed by atoms with E-state index in [1.807, 2.05) is 74.4 Å². The summed E-state index contributed by atoms with van der Waals surface area (Å²) in [5.74, 6) is 0.189. The SMILES string of the molecule is CCOc1ccc(C2=C(N3CCN(C)CC3)C(=O)N(c3cccc(N(C)C)c3)C2=O)cc1. The Balaban J connectivity index is 1.77. The molecule has 2 amide bonds. The number of anilines is 2. The Labute approximate surface area is 189 Å². The van der Waals surface area contributed by atoms with Gasteiger partial charge in [-0.3, -0.25) is 9.59 Å². The van der Waals surface area contributed by atoms with Crippen molar-refractivity contribution in [2.45, 2.75) is 6.92 Å². The number of benzene rings is 2. The Hall–Kier alpha value is -3.32. The van der Waals surface area contributed by atoms with Crippen LogP contribution < -0.4 is 14.5 Å². The molecule has 2 aromatic carbocycles. The molecule has 2 aliphatic heterocycles. The van der Waals surface area contributed by atoms with Gasteiger partial charge in [0.05, 0.1) is 17.9 Å². The largest absolute Gasteiger partial charge is 0.494 e. The summed E-state index contributed by atoms with van der Waals surface area (Å²) in [6.07, 6.45) is 0. The summed E-state index contributed by atoms with van der Waals surface area (Å²) in [5, 5.41) is 0. The molecule has 168 valence electrons. The summed E-state index contributed by atoms with van der Waals surface area (Å²) in [5.41, 5.74) is 3.19. The van der Waals surface area contributed by atoms with E-state index in [1.54, 1.807) is 0 Å². The number of amides is 2. The summed E-state index contributed by atoms with van der Waals surface area (Å²) in [6.45, 7) is 5.60. The van der Waals surface area contributed by atoms with Crippen molar-refractivity contribution in [3.05, 3.63) is 59.8 Å². The predicted octanol–water partition coefficient (Wildman–Crippen LogP) is 2.68. The molecule has 7 nitrogen and oxygen atoms in total. The number of carbonyl (C=O) groups is 2. The van der Waals surface area contributed by atoms with Gasteiger partial charge in [-0.25, -0.2) is 4.90 Å². The second-order valence-electron chi connectivity index (χ2n) is 8.33. The molecule has 4 rings (SSSR count). The highest BCUT2D eigenvalue weighted by Gasteiger charge is 2.43. The van der Waals surface area contributed by atoms with Crippen molar-refractivity contribution in [2.24, 2.45) is 0 Å². The third kappa shape index (κ3) is 4.08. The fourth-order valence-electron chi connectivity index (χ4n) is 4.13. The van der Waals surface area contributed by atoms with Crippen molar-refractivity contribution < 1.29 is 14.3 Å². The van der Waals surface area contributed by atoms with Crippen molar-refractivity contribution in [3.63, 3.8) is 0 Å². The van der Waals surface area contributed by atoms with Gasteiger partial charge in [-0.2, -0.15) is 0 Å². The minimum absolute atomic E-state index is 0.264. The van der Waals surface area contributed by atoms with Crippen LogP contribution in [0.3, 0.4) is 0 Å². The number of nitrogens with zero attached hydrogens (tertiary/aromatic N) is 4. The molecule has 0 aliphatic carbocycles. The zero-order valence-corrected chi connectivity index (χ0v) is 19.2. The highest BCUT2D eigenvalue weighted by molar-refractivity contribution is 6.45. The number of carbonyl (C=O) groups excluding carboxylic acids is 2. The summed E-state index contributed by atoms with van der Waals surface area (Å²) in [7, 11) is 5.94. The minimum Gasteiger partial charge on any atom is -0.494 e. The fraction of sp³-hybridized carbons (Fsp3) is 0.360. The topological polar surface area (TPSA) is 56.3 Å². The first kappa shape index (κ1) is 21.9. The monoisotopic (exact) mass is 434 g/mol. The van der Waals surface area contributed by atoms with E-state index in [2.05, 4.69) is 16.8 Å². The van der Waals surface area contributed by atoms with Crippen LogP contribution in [0.1, 0.15) is 12.5 Å². The molecule has 2 heterocycles. The lowest BCUT2D eigenvalue weighted by Crippen LogP contribution is -2.46. The van der Waals surface area contributed by atoms with E-state index in [4.69, 9.17) is 4.74 Å². The Morgan fingerprint density at radius 1 is 0.938 bits per heavy atom. The smallest absolute Gasteiger partial charge is 0.282 e. The van der Waals surface area contributed by atoms with Crippen molar-refractivity contribution in [2.75, 3.05) is 63.7 Å². The van der Waals surface area contributed by atoms with Gasteiger partial charge in [0.25, 0.3) is 11.8 Å². The van der Waals surface area contributed by atoms with Crippen LogP contribution in [0.15, 0.2) is 54.2 Å². The lowest BCUT2D eigenvalue weighted by molar-refractivity contribution is -0.120. The molecule has 0 N–H and O–H groups in total. The van der Waals surface area contributed by atoms with Gasteiger partial charge in [0.2, 0.25) is 0 Å². The molecule has 32 heavy (non-hydrogen) atoms. The van der Waals surface area contributed by atoms with Crippen molar-refractivity contribution in [1.29, 1.82) is 0 Å². The van der Waals surface area contributed by atoms with Crippen molar-refractivity contribution in [3.8, 4) is 5.75 Å². The van der Waals surface area contributed by atoms with Crippen LogP contribution in [-0.4, -0.2) is 75.5 Å². The molecule has 0 radical (unpaired) electrons. The van der Waals surface area contributed by atoms with Gasteiger partial charge in [-0.15, -0.1) is 0 Å². The van der Waals surface area contributed by atoms with Gasteiger partial charge in [0.1, 0.15) is 11.4 Å². The van der Waals surface area contributed by atoms with E-state index in [0.29, 0.717) is 36.7 Å². The van der Waals surface area contributed by atoms with Gasteiger partial charge in [-0.1, -0.05) is 18.2 Å². The zero-order chi connectivity index (χ0) is 22.8. The highest BCUT2D eigenvalue weighted by Crippen LogP contribution is 2.36. The first-order valence-corrected chi connectivity index (χ1v) is 11.0. The summed E-state index contributed by atoms with van der Waals surface area (Å²) in [6, 6.07) is 14.9. The van der Waals surface area contributed by atoms with Gasteiger partial charge in [0, 0.05) is 46.0 Å². The molecule has 1 fully saturated rings. The second-order valence-corrected chi connectivity index (χ2v) is 8.33. The molecule has 0 saturated carbocycles. The van der Waals surface area contributed by atoms with Crippen molar-refractivity contribution >= 4 is 28.8 Å². The van der Waals surface area contributed by atoms with Crippen LogP contribution in [0.5, 0.6) is 5.75 Å². The van der Waals surface area contributed by atoms with E-state index < -0.39 is 0 Å². The molecule has 0 unspecified atom stereocenters. The van der Waals surface area contributed by atoms with Gasteiger partial charge >= 0.3 is 0 Å². The summed E-state index contributed by atoms with van der Waals surface area (Å²) in [4.78, 5) is 34.9.